The third-order valence-corrected chi connectivity index (χ3v) is 3.89. The van der Waals surface area contributed by atoms with Crippen LogP contribution in [0, 0.1) is 0 Å². The Morgan fingerprint density at radius 1 is 1.21 bits per heavy atom. The summed E-state index contributed by atoms with van der Waals surface area (Å²) in [7, 11) is 1.29. The van der Waals surface area contributed by atoms with E-state index in [2.05, 4.69) is 0 Å². The Kier molecular flexibility index (Phi) is 6.67. The van der Waals surface area contributed by atoms with E-state index >= 15 is 0 Å². The monoisotopic (exact) mass is 341 g/mol. The van der Waals surface area contributed by atoms with Crippen LogP contribution in [0.5, 0.6) is 0 Å². The highest BCUT2D eigenvalue weighted by molar-refractivity contribution is 5.75. The van der Waals surface area contributed by atoms with E-state index < -0.39 is 42.7 Å². The Morgan fingerprint density at radius 3 is 2.50 bits per heavy atom. The number of esters is 1. The van der Waals surface area contributed by atoms with Crippen molar-refractivity contribution in [1.82, 2.24) is 0 Å². The first-order valence-corrected chi connectivity index (χ1v) is 7.62. The largest absolute Gasteiger partial charge is 0.462 e. The van der Waals surface area contributed by atoms with Crippen molar-refractivity contribution in [2.75, 3.05) is 13.7 Å². The number of aliphatic hydroxyl groups is 3. The molecule has 0 bridgehead atoms. The van der Waals surface area contributed by atoms with E-state index in [4.69, 9.17) is 19.9 Å². The SMILES string of the molecule is CO[C@H]1O[C@H](COC(=O)C(N)Cc2ccccc2)[C@@H](O)[C@H](O)[C@@H]1O. The zero-order valence-electron chi connectivity index (χ0n) is 13.3. The number of rotatable bonds is 6. The second-order valence-corrected chi connectivity index (χ2v) is 5.68. The van der Waals surface area contributed by atoms with Gasteiger partial charge in [0.05, 0.1) is 0 Å². The highest BCUT2D eigenvalue weighted by Crippen LogP contribution is 2.22. The van der Waals surface area contributed by atoms with Gasteiger partial charge in [-0.05, 0) is 12.0 Å². The van der Waals surface area contributed by atoms with Crippen LogP contribution in [0.1, 0.15) is 5.56 Å². The van der Waals surface area contributed by atoms with Gasteiger partial charge in [-0.15, -0.1) is 0 Å². The van der Waals surface area contributed by atoms with E-state index in [0.29, 0.717) is 6.42 Å². The molecule has 0 aromatic heterocycles. The minimum atomic E-state index is -1.47. The number of nitrogens with two attached hydrogens (primary N) is 1. The van der Waals surface area contributed by atoms with E-state index in [-0.39, 0.29) is 6.61 Å². The molecule has 0 saturated carbocycles. The van der Waals surface area contributed by atoms with Crippen molar-refractivity contribution in [3.8, 4) is 0 Å². The molecule has 0 spiro atoms. The summed E-state index contributed by atoms with van der Waals surface area (Å²) in [5, 5.41) is 29.3. The van der Waals surface area contributed by atoms with Crippen LogP contribution in [0.2, 0.25) is 0 Å². The average Bonchev–Trinajstić information content (AvgIpc) is 2.59. The van der Waals surface area contributed by atoms with Gasteiger partial charge in [-0.2, -0.15) is 0 Å². The van der Waals surface area contributed by atoms with Crippen LogP contribution in [0.4, 0.5) is 0 Å². The predicted molar refractivity (Wildman–Crippen MR) is 82.8 cm³/mol. The normalized spacial score (nSPS) is 31.5. The smallest absolute Gasteiger partial charge is 0.323 e. The molecule has 8 heteroatoms. The fraction of sp³-hybridized carbons (Fsp3) is 0.562. The number of ether oxygens (including phenoxy) is 3. The molecule has 1 aromatic carbocycles. The van der Waals surface area contributed by atoms with E-state index in [9.17, 15) is 20.1 Å². The molecule has 1 saturated heterocycles. The van der Waals surface area contributed by atoms with Crippen molar-refractivity contribution in [3.05, 3.63) is 35.9 Å². The van der Waals surface area contributed by atoms with Crippen molar-refractivity contribution in [2.24, 2.45) is 5.73 Å². The maximum Gasteiger partial charge on any atom is 0.323 e. The molecule has 1 heterocycles. The number of hydrogen-bond donors (Lipinski definition) is 4. The Bertz CT molecular complexity index is 524. The summed E-state index contributed by atoms with van der Waals surface area (Å²) in [6.07, 6.45) is -6.10. The summed E-state index contributed by atoms with van der Waals surface area (Å²) in [5.74, 6) is -0.649. The minimum absolute atomic E-state index is 0.313. The Labute approximate surface area is 139 Å². The fourth-order valence-electron chi connectivity index (χ4n) is 2.47. The molecule has 0 aliphatic carbocycles. The standard InChI is InChI=1S/C16H23NO7/c1-22-16-14(20)13(19)12(18)11(24-16)8-23-15(21)10(17)7-9-5-3-2-4-6-9/h2-6,10-14,16,18-20H,7-8,17H2,1H3/t10?,11-,12-,13+,14+,16+/m1/s1. The molecule has 6 atom stereocenters. The zero-order chi connectivity index (χ0) is 17.7. The summed E-state index contributed by atoms with van der Waals surface area (Å²) >= 11 is 0. The van der Waals surface area contributed by atoms with Gasteiger partial charge >= 0.3 is 5.97 Å². The van der Waals surface area contributed by atoms with Gasteiger partial charge in [0.15, 0.2) is 6.29 Å². The molecule has 8 nitrogen and oxygen atoms in total. The molecule has 1 aliphatic heterocycles. The van der Waals surface area contributed by atoms with E-state index in [1.165, 1.54) is 7.11 Å². The number of methoxy groups -OCH3 is 1. The number of benzene rings is 1. The van der Waals surface area contributed by atoms with Crippen LogP contribution in [0.25, 0.3) is 0 Å². The van der Waals surface area contributed by atoms with Crippen molar-refractivity contribution in [1.29, 1.82) is 0 Å². The first-order chi connectivity index (χ1) is 11.4. The molecule has 24 heavy (non-hydrogen) atoms. The third-order valence-electron chi connectivity index (χ3n) is 3.89. The molecule has 2 rings (SSSR count). The Morgan fingerprint density at radius 2 is 1.88 bits per heavy atom. The second-order valence-electron chi connectivity index (χ2n) is 5.68. The molecular weight excluding hydrogens is 318 g/mol. The van der Waals surface area contributed by atoms with Gasteiger partial charge in [0, 0.05) is 7.11 Å². The molecule has 1 aliphatic rings. The minimum Gasteiger partial charge on any atom is -0.462 e. The van der Waals surface area contributed by atoms with Gasteiger partial charge in [-0.1, -0.05) is 30.3 Å². The highest BCUT2D eigenvalue weighted by atomic mass is 16.7. The number of carbonyl (C=O) groups excluding carboxylic acids is 1. The molecule has 134 valence electrons. The molecule has 1 aromatic rings. The van der Waals surface area contributed by atoms with Crippen LogP contribution in [-0.4, -0.2) is 71.8 Å². The Hall–Kier alpha value is -1.55. The van der Waals surface area contributed by atoms with Crippen molar-refractivity contribution in [2.45, 2.75) is 43.2 Å². The predicted octanol–water partition coefficient (Wildman–Crippen LogP) is -1.45. The second kappa shape index (κ2) is 8.52. The van der Waals surface area contributed by atoms with Gasteiger partial charge in [-0.25, -0.2) is 0 Å². The summed E-state index contributed by atoms with van der Waals surface area (Å²) in [6.45, 7) is -0.313. The van der Waals surface area contributed by atoms with Gasteiger partial charge in [0.25, 0.3) is 0 Å². The summed E-state index contributed by atoms with van der Waals surface area (Å²) in [6, 6.07) is 8.39. The van der Waals surface area contributed by atoms with Crippen molar-refractivity contribution < 1.29 is 34.3 Å². The first kappa shape index (κ1) is 18.8. The van der Waals surface area contributed by atoms with E-state index in [1.807, 2.05) is 30.3 Å². The lowest BCUT2D eigenvalue weighted by Crippen LogP contribution is -2.59. The highest BCUT2D eigenvalue weighted by Gasteiger charge is 2.44. The first-order valence-electron chi connectivity index (χ1n) is 7.62. The maximum atomic E-state index is 12.0. The number of hydrogen-bond acceptors (Lipinski definition) is 8. The van der Waals surface area contributed by atoms with Gasteiger partial charge in [-0.3, -0.25) is 4.79 Å². The lowest BCUT2D eigenvalue weighted by atomic mass is 9.99. The summed E-state index contributed by atoms with van der Waals surface area (Å²) in [4.78, 5) is 12.0. The average molecular weight is 341 g/mol. The van der Waals surface area contributed by atoms with Crippen LogP contribution in [-0.2, 0) is 25.4 Å². The summed E-state index contributed by atoms with van der Waals surface area (Å²) < 4.78 is 15.2. The van der Waals surface area contributed by atoms with Crippen LogP contribution < -0.4 is 5.73 Å². The zero-order valence-corrected chi connectivity index (χ0v) is 13.3. The van der Waals surface area contributed by atoms with Gasteiger partial charge in [0.1, 0.15) is 37.1 Å². The van der Waals surface area contributed by atoms with Crippen LogP contribution in [0.3, 0.4) is 0 Å². The topological polar surface area (TPSA) is 131 Å². The maximum absolute atomic E-state index is 12.0. The van der Waals surface area contributed by atoms with Crippen LogP contribution in [0.15, 0.2) is 30.3 Å². The molecule has 0 radical (unpaired) electrons. The number of carbonyl (C=O) groups is 1. The molecule has 1 unspecified atom stereocenters. The van der Waals surface area contributed by atoms with Gasteiger partial charge in [0.2, 0.25) is 0 Å². The quantitative estimate of drug-likeness (QED) is 0.462. The third kappa shape index (κ3) is 4.50. The fourth-order valence-corrected chi connectivity index (χ4v) is 2.47. The lowest BCUT2D eigenvalue weighted by Gasteiger charge is -2.39. The van der Waals surface area contributed by atoms with Gasteiger partial charge < -0.3 is 35.3 Å². The molecule has 0 amide bonds. The Balaban J connectivity index is 1.86. The molecule has 1 fully saturated rings. The number of aliphatic hydroxyl groups excluding tert-OH is 3. The molecule has 5 N–H and O–H groups in total. The molecular formula is C16H23NO7. The van der Waals surface area contributed by atoms with Crippen molar-refractivity contribution >= 4 is 5.97 Å². The van der Waals surface area contributed by atoms with E-state index in [1.54, 1.807) is 0 Å². The van der Waals surface area contributed by atoms with Crippen LogP contribution >= 0.6 is 0 Å². The summed E-state index contributed by atoms with van der Waals surface area (Å²) in [5.41, 5.74) is 6.71. The lowest BCUT2D eigenvalue weighted by molar-refractivity contribution is -0.295. The van der Waals surface area contributed by atoms with E-state index in [0.717, 1.165) is 5.56 Å². The van der Waals surface area contributed by atoms with Crippen molar-refractivity contribution in [3.63, 3.8) is 0 Å².